The third-order valence-corrected chi connectivity index (χ3v) is 2.70. The summed E-state index contributed by atoms with van der Waals surface area (Å²) in [5.74, 6) is 0.830. The zero-order valence-corrected chi connectivity index (χ0v) is 8.25. The summed E-state index contributed by atoms with van der Waals surface area (Å²) in [7, 11) is 1.83. The molecule has 70 valence electrons. The van der Waals surface area contributed by atoms with Crippen molar-refractivity contribution in [3.05, 3.63) is 12.2 Å². The second-order valence-corrected chi connectivity index (χ2v) is 3.61. The maximum atomic E-state index is 5.32. The van der Waals surface area contributed by atoms with Crippen molar-refractivity contribution in [3.8, 4) is 0 Å². The van der Waals surface area contributed by atoms with Gasteiger partial charge in [-0.2, -0.15) is 0 Å². The lowest BCUT2D eigenvalue weighted by atomic mass is 9.87. The van der Waals surface area contributed by atoms with Crippen molar-refractivity contribution < 1.29 is 4.74 Å². The fourth-order valence-corrected chi connectivity index (χ4v) is 1.85. The smallest absolute Gasteiger partial charge is 0.0571 e. The molecule has 12 heavy (non-hydrogen) atoms. The molecular formula is C11H20O. The van der Waals surface area contributed by atoms with Gasteiger partial charge >= 0.3 is 0 Å². The molecule has 0 bridgehead atoms. The first-order chi connectivity index (χ1) is 5.86. The molecule has 0 unspecified atom stereocenters. The Labute approximate surface area is 75.8 Å². The van der Waals surface area contributed by atoms with Crippen molar-refractivity contribution >= 4 is 0 Å². The Morgan fingerprint density at radius 1 is 1.25 bits per heavy atom. The molecule has 0 aromatic carbocycles. The fraction of sp³-hybridized carbons (Fsp3) is 0.818. The third-order valence-electron chi connectivity index (χ3n) is 2.70. The van der Waals surface area contributed by atoms with Crippen LogP contribution in [0.2, 0.25) is 0 Å². The SMILES string of the molecule is CC/C=C/C1CCC(OC)CC1. The van der Waals surface area contributed by atoms with Crippen LogP contribution in [0.15, 0.2) is 12.2 Å². The van der Waals surface area contributed by atoms with E-state index >= 15 is 0 Å². The topological polar surface area (TPSA) is 9.23 Å². The largest absolute Gasteiger partial charge is 0.381 e. The Kier molecular flexibility index (Phi) is 4.37. The Morgan fingerprint density at radius 2 is 1.92 bits per heavy atom. The van der Waals surface area contributed by atoms with Gasteiger partial charge in [0.2, 0.25) is 0 Å². The summed E-state index contributed by atoms with van der Waals surface area (Å²) in [6.45, 7) is 2.19. The molecule has 0 aliphatic heterocycles. The Balaban J connectivity index is 2.21. The lowest BCUT2D eigenvalue weighted by Crippen LogP contribution is -2.19. The van der Waals surface area contributed by atoms with Crippen molar-refractivity contribution in [2.75, 3.05) is 7.11 Å². The first-order valence-corrected chi connectivity index (χ1v) is 5.06. The monoisotopic (exact) mass is 168 g/mol. The highest BCUT2D eigenvalue weighted by Crippen LogP contribution is 2.26. The molecule has 1 aliphatic rings. The average molecular weight is 168 g/mol. The highest BCUT2D eigenvalue weighted by atomic mass is 16.5. The van der Waals surface area contributed by atoms with E-state index in [0.717, 1.165) is 5.92 Å². The van der Waals surface area contributed by atoms with Gasteiger partial charge in [0.25, 0.3) is 0 Å². The number of methoxy groups -OCH3 is 1. The van der Waals surface area contributed by atoms with Crippen LogP contribution < -0.4 is 0 Å². The molecule has 0 atom stereocenters. The van der Waals surface area contributed by atoms with Gasteiger partial charge in [-0.05, 0) is 38.0 Å². The molecular weight excluding hydrogens is 148 g/mol. The van der Waals surface area contributed by atoms with E-state index in [1.165, 1.54) is 32.1 Å². The highest BCUT2D eigenvalue weighted by Gasteiger charge is 2.18. The molecule has 0 amide bonds. The van der Waals surface area contributed by atoms with E-state index in [2.05, 4.69) is 19.1 Å². The quantitative estimate of drug-likeness (QED) is 0.588. The van der Waals surface area contributed by atoms with Crippen LogP contribution in [-0.4, -0.2) is 13.2 Å². The number of rotatable bonds is 3. The molecule has 1 saturated carbocycles. The van der Waals surface area contributed by atoms with Crippen molar-refractivity contribution in [1.29, 1.82) is 0 Å². The van der Waals surface area contributed by atoms with E-state index in [9.17, 15) is 0 Å². The van der Waals surface area contributed by atoms with Crippen LogP contribution in [0.5, 0.6) is 0 Å². The van der Waals surface area contributed by atoms with Gasteiger partial charge in [-0.3, -0.25) is 0 Å². The van der Waals surface area contributed by atoms with Gasteiger partial charge < -0.3 is 4.74 Å². The van der Waals surface area contributed by atoms with Gasteiger partial charge in [-0.25, -0.2) is 0 Å². The number of hydrogen-bond donors (Lipinski definition) is 0. The van der Waals surface area contributed by atoms with E-state index in [0.29, 0.717) is 6.10 Å². The summed E-state index contributed by atoms with van der Waals surface area (Å²) in [5, 5.41) is 0. The van der Waals surface area contributed by atoms with Gasteiger partial charge in [0.15, 0.2) is 0 Å². The van der Waals surface area contributed by atoms with E-state index in [1.54, 1.807) is 0 Å². The van der Waals surface area contributed by atoms with Gasteiger partial charge in [0, 0.05) is 7.11 Å². The summed E-state index contributed by atoms with van der Waals surface area (Å²) in [5.41, 5.74) is 0. The molecule has 0 heterocycles. The van der Waals surface area contributed by atoms with Crippen molar-refractivity contribution in [2.45, 2.75) is 45.1 Å². The van der Waals surface area contributed by atoms with E-state index in [1.807, 2.05) is 7.11 Å². The number of hydrogen-bond acceptors (Lipinski definition) is 1. The first kappa shape index (κ1) is 9.79. The molecule has 0 spiro atoms. The summed E-state index contributed by atoms with van der Waals surface area (Å²) < 4.78 is 5.32. The van der Waals surface area contributed by atoms with E-state index in [4.69, 9.17) is 4.74 Å². The molecule has 0 saturated heterocycles. The molecule has 0 aromatic heterocycles. The minimum atomic E-state index is 0.538. The summed E-state index contributed by atoms with van der Waals surface area (Å²) in [4.78, 5) is 0. The van der Waals surface area contributed by atoms with Crippen LogP contribution in [0.25, 0.3) is 0 Å². The van der Waals surface area contributed by atoms with Gasteiger partial charge in [-0.1, -0.05) is 19.1 Å². The minimum Gasteiger partial charge on any atom is -0.381 e. The van der Waals surface area contributed by atoms with Crippen LogP contribution in [0.1, 0.15) is 39.0 Å². The summed E-state index contributed by atoms with van der Waals surface area (Å²) >= 11 is 0. The molecule has 0 radical (unpaired) electrons. The molecule has 0 aromatic rings. The maximum Gasteiger partial charge on any atom is 0.0571 e. The summed E-state index contributed by atoms with van der Waals surface area (Å²) in [6.07, 6.45) is 11.5. The Morgan fingerprint density at radius 3 is 2.42 bits per heavy atom. The molecule has 1 heteroatoms. The normalized spacial score (nSPS) is 31.2. The summed E-state index contributed by atoms with van der Waals surface area (Å²) in [6, 6.07) is 0. The van der Waals surface area contributed by atoms with Crippen molar-refractivity contribution in [2.24, 2.45) is 5.92 Å². The molecule has 0 N–H and O–H groups in total. The van der Waals surface area contributed by atoms with E-state index in [-0.39, 0.29) is 0 Å². The van der Waals surface area contributed by atoms with Crippen LogP contribution in [0.3, 0.4) is 0 Å². The standard InChI is InChI=1S/C11H20O/c1-3-4-5-10-6-8-11(12-2)9-7-10/h4-5,10-11H,3,6-9H2,1-2H3/b5-4+. The number of ether oxygens (including phenoxy) is 1. The number of allylic oxidation sites excluding steroid dienone is 2. The average Bonchev–Trinajstić information content (AvgIpc) is 2.15. The fourth-order valence-electron chi connectivity index (χ4n) is 1.85. The van der Waals surface area contributed by atoms with E-state index < -0.39 is 0 Å². The lowest BCUT2D eigenvalue weighted by molar-refractivity contribution is 0.0626. The van der Waals surface area contributed by atoms with Crippen molar-refractivity contribution in [1.82, 2.24) is 0 Å². The van der Waals surface area contributed by atoms with Crippen LogP contribution in [0, 0.1) is 5.92 Å². The third kappa shape index (κ3) is 2.98. The second-order valence-electron chi connectivity index (χ2n) is 3.61. The van der Waals surface area contributed by atoms with Crippen LogP contribution in [0.4, 0.5) is 0 Å². The van der Waals surface area contributed by atoms with Gasteiger partial charge in [0.05, 0.1) is 6.10 Å². The zero-order chi connectivity index (χ0) is 8.81. The van der Waals surface area contributed by atoms with Crippen LogP contribution in [-0.2, 0) is 4.74 Å². The lowest BCUT2D eigenvalue weighted by Gasteiger charge is -2.25. The van der Waals surface area contributed by atoms with Gasteiger partial charge in [-0.15, -0.1) is 0 Å². The van der Waals surface area contributed by atoms with Gasteiger partial charge in [0.1, 0.15) is 0 Å². The Bertz CT molecular complexity index is 132. The van der Waals surface area contributed by atoms with Crippen molar-refractivity contribution in [3.63, 3.8) is 0 Å². The molecule has 1 nitrogen and oxygen atoms in total. The first-order valence-electron chi connectivity index (χ1n) is 5.06. The molecule has 1 aliphatic carbocycles. The van der Waals surface area contributed by atoms with Crippen LogP contribution >= 0.6 is 0 Å². The molecule has 1 fully saturated rings. The highest BCUT2D eigenvalue weighted by molar-refractivity contribution is 4.90. The zero-order valence-electron chi connectivity index (χ0n) is 8.25. The predicted octanol–water partition coefficient (Wildman–Crippen LogP) is 3.16. The predicted molar refractivity (Wildman–Crippen MR) is 52.2 cm³/mol. The minimum absolute atomic E-state index is 0.538. The maximum absolute atomic E-state index is 5.32. The second kappa shape index (κ2) is 5.36. The molecule has 1 rings (SSSR count). The Hall–Kier alpha value is -0.300.